The molecular weight excluding hydrogens is 260 g/mol. The molecule has 0 spiro atoms. The SMILES string of the molecule is N#Cc1cc(CN(C#N)c2ccc(F)cc2)ccc1F. The third-order valence-electron chi connectivity index (χ3n) is 2.75. The number of halogens is 2. The molecule has 0 unspecified atom stereocenters. The lowest BCUT2D eigenvalue weighted by Crippen LogP contribution is -2.15. The monoisotopic (exact) mass is 269 g/mol. The molecule has 0 heterocycles. The summed E-state index contributed by atoms with van der Waals surface area (Å²) in [6.07, 6.45) is 1.97. The summed E-state index contributed by atoms with van der Waals surface area (Å²) in [5.74, 6) is -0.985. The van der Waals surface area contributed by atoms with E-state index in [2.05, 4.69) is 0 Å². The first-order chi connectivity index (χ1) is 9.63. The van der Waals surface area contributed by atoms with Crippen molar-refractivity contribution < 1.29 is 8.78 Å². The molecule has 0 aromatic heterocycles. The molecule has 98 valence electrons. The van der Waals surface area contributed by atoms with Crippen molar-refractivity contribution in [2.45, 2.75) is 6.54 Å². The van der Waals surface area contributed by atoms with Crippen LogP contribution >= 0.6 is 0 Å². The van der Waals surface area contributed by atoms with E-state index < -0.39 is 5.82 Å². The molecule has 0 radical (unpaired) electrons. The number of nitriles is 2. The predicted octanol–water partition coefficient (Wildman–Crippen LogP) is 3.32. The van der Waals surface area contributed by atoms with Gasteiger partial charge in [0.15, 0.2) is 6.19 Å². The third-order valence-corrected chi connectivity index (χ3v) is 2.75. The molecule has 2 rings (SSSR count). The second-order valence-electron chi connectivity index (χ2n) is 4.09. The van der Waals surface area contributed by atoms with Gasteiger partial charge in [-0.1, -0.05) is 6.07 Å². The Hall–Kier alpha value is -2.92. The Morgan fingerprint density at radius 3 is 2.30 bits per heavy atom. The van der Waals surface area contributed by atoms with Crippen molar-refractivity contribution in [3.63, 3.8) is 0 Å². The predicted molar refractivity (Wildman–Crippen MR) is 69.3 cm³/mol. The summed E-state index contributed by atoms with van der Waals surface area (Å²) in [5.41, 5.74) is 1.07. The average Bonchev–Trinajstić information content (AvgIpc) is 2.47. The normalized spacial score (nSPS) is 9.60. The van der Waals surface area contributed by atoms with Gasteiger partial charge < -0.3 is 0 Å². The van der Waals surface area contributed by atoms with E-state index in [9.17, 15) is 8.78 Å². The van der Waals surface area contributed by atoms with Crippen LogP contribution in [0.25, 0.3) is 0 Å². The largest absolute Gasteiger partial charge is 0.275 e. The molecule has 0 amide bonds. The molecule has 0 fully saturated rings. The van der Waals surface area contributed by atoms with E-state index in [-0.39, 0.29) is 17.9 Å². The lowest BCUT2D eigenvalue weighted by molar-refractivity contribution is 0.623. The minimum Gasteiger partial charge on any atom is -0.275 e. The Kier molecular flexibility index (Phi) is 3.93. The van der Waals surface area contributed by atoms with Gasteiger partial charge in [-0.15, -0.1) is 0 Å². The fourth-order valence-corrected chi connectivity index (χ4v) is 1.74. The molecule has 20 heavy (non-hydrogen) atoms. The van der Waals surface area contributed by atoms with Crippen molar-refractivity contribution in [3.05, 3.63) is 65.2 Å². The molecule has 0 aliphatic rings. The minimum absolute atomic E-state index is 0.0699. The summed E-state index contributed by atoms with van der Waals surface area (Å²) in [4.78, 5) is 1.33. The van der Waals surface area contributed by atoms with Crippen molar-refractivity contribution in [3.8, 4) is 12.3 Å². The van der Waals surface area contributed by atoms with Gasteiger partial charge in [0.05, 0.1) is 17.8 Å². The summed E-state index contributed by atoms with van der Waals surface area (Å²) in [7, 11) is 0. The number of anilines is 1. The zero-order valence-electron chi connectivity index (χ0n) is 10.3. The average molecular weight is 269 g/mol. The van der Waals surface area contributed by atoms with Gasteiger partial charge in [-0.2, -0.15) is 10.5 Å². The highest BCUT2D eigenvalue weighted by atomic mass is 19.1. The first-order valence-electron chi connectivity index (χ1n) is 5.75. The summed E-state index contributed by atoms with van der Waals surface area (Å²) in [6, 6.07) is 11.3. The molecule has 2 aromatic rings. The van der Waals surface area contributed by atoms with Crippen LogP contribution in [0.15, 0.2) is 42.5 Å². The van der Waals surface area contributed by atoms with Gasteiger partial charge in [-0.05, 0) is 42.0 Å². The quantitative estimate of drug-likeness (QED) is 0.634. The Morgan fingerprint density at radius 2 is 1.70 bits per heavy atom. The second-order valence-corrected chi connectivity index (χ2v) is 4.09. The fraction of sp³-hybridized carbons (Fsp3) is 0.0667. The topological polar surface area (TPSA) is 50.8 Å². The number of hydrogen-bond acceptors (Lipinski definition) is 3. The van der Waals surface area contributed by atoms with Crippen LogP contribution in [0.1, 0.15) is 11.1 Å². The molecule has 0 bridgehead atoms. The Labute approximate surface area is 114 Å². The van der Waals surface area contributed by atoms with Crippen LogP contribution in [0.5, 0.6) is 0 Å². The van der Waals surface area contributed by atoms with Crippen LogP contribution in [-0.2, 0) is 6.54 Å². The highest BCUT2D eigenvalue weighted by Gasteiger charge is 2.09. The third kappa shape index (κ3) is 2.90. The summed E-state index contributed by atoms with van der Waals surface area (Å²) in [6.45, 7) is 0.178. The standard InChI is InChI=1S/C15H9F2N3/c16-13-2-4-14(5-3-13)20(10-19)9-11-1-6-15(17)12(7-11)8-18/h1-7H,9H2. The van der Waals surface area contributed by atoms with Crippen molar-refractivity contribution >= 4 is 5.69 Å². The summed E-state index contributed by atoms with van der Waals surface area (Å²) < 4.78 is 26.1. The first-order valence-corrected chi connectivity index (χ1v) is 5.75. The summed E-state index contributed by atoms with van der Waals surface area (Å²) >= 11 is 0. The zero-order valence-corrected chi connectivity index (χ0v) is 10.3. The molecule has 2 aromatic carbocycles. The smallest absolute Gasteiger partial charge is 0.184 e. The van der Waals surface area contributed by atoms with Crippen LogP contribution in [0.4, 0.5) is 14.5 Å². The molecule has 5 heteroatoms. The maximum atomic E-state index is 13.2. The molecule has 0 atom stereocenters. The van der Waals surface area contributed by atoms with Crippen molar-refractivity contribution in [1.29, 1.82) is 10.5 Å². The van der Waals surface area contributed by atoms with Crippen molar-refractivity contribution in [2.24, 2.45) is 0 Å². The highest BCUT2D eigenvalue weighted by Crippen LogP contribution is 2.18. The van der Waals surface area contributed by atoms with E-state index in [4.69, 9.17) is 10.5 Å². The van der Waals surface area contributed by atoms with Gasteiger partial charge >= 0.3 is 0 Å². The van der Waals surface area contributed by atoms with E-state index in [1.54, 1.807) is 6.07 Å². The van der Waals surface area contributed by atoms with E-state index in [1.807, 2.05) is 6.19 Å². The van der Waals surface area contributed by atoms with Gasteiger partial charge in [0.1, 0.15) is 17.7 Å². The van der Waals surface area contributed by atoms with Crippen molar-refractivity contribution in [1.82, 2.24) is 0 Å². The van der Waals surface area contributed by atoms with Crippen molar-refractivity contribution in [2.75, 3.05) is 4.90 Å². The molecule has 0 saturated heterocycles. The van der Waals surface area contributed by atoms with Gasteiger partial charge in [-0.3, -0.25) is 4.90 Å². The Balaban J connectivity index is 2.25. The Morgan fingerprint density at radius 1 is 1.00 bits per heavy atom. The van der Waals surface area contributed by atoms with E-state index in [0.717, 1.165) is 0 Å². The number of benzene rings is 2. The fourth-order valence-electron chi connectivity index (χ4n) is 1.74. The van der Waals surface area contributed by atoms with E-state index in [1.165, 1.54) is 47.4 Å². The van der Waals surface area contributed by atoms with Crippen LogP contribution in [0.2, 0.25) is 0 Å². The van der Waals surface area contributed by atoms with Crippen LogP contribution in [-0.4, -0.2) is 0 Å². The second kappa shape index (κ2) is 5.81. The maximum Gasteiger partial charge on any atom is 0.184 e. The van der Waals surface area contributed by atoms with Crippen LogP contribution in [0, 0.1) is 34.4 Å². The van der Waals surface area contributed by atoms with E-state index in [0.29, 0.717) is 11.3 Å². The number of rotatable bonds is 3. The van der Waals surface area contributed by atoms with Gasteiger partial charge in [0, 0.05) is 0 Å². The van der Waals surface area contributed by atoms with Crippen LogP contribution < -0.4 is 4.90 Å². The minimum atomic E-state index is -0.596. The van der Waals surface area contributed by atoms with Gasteiger partial charge in [-0.25, -0.2) is 8.78 Å². The lowest BCUT2D eigenvalue weighted by atomic mass is 10.1. The van der Waals surface area contributed by atoms with E-state index >= 15 is 0 Å². The first kappa shape index (κ1) is 13.5. The molecule has 3 nitrogen and oxygen atoms in total. The highest BCUT2D eigenvalue weighted by molar-refractivity contribution is 5.51. The number of hydrogen-bond donors (Lipinski definition) is 0. The molecule has 0 aliphatic carbocycles. The Bertz CT molecular complexity index is 697. The molecule has 0 saturated carbocycles. The van der Waals surface area contributed by atoms with Crippen LogP contribution in [0.3, 0.4) is 0 Å². The van der Waals surface area contributed by atoms with Gasteiger partial charge in [0.2, 0.25) is 0 Å². The number of nitrogens with zero attached hydrogens (tertiary/aromatic N) is 3. The maximum absolute atomic E-state index is 13.2. The summed E-state index contributed by atoms with van der Waals surface area (Å²) in [5, 5.41) is 17.9. The molecule has 0 N–H and O–H groups in total. The zero-order chi connectivity index (χ0) is 14.5. The van der Waals surface area contributed by atoms with Gasteiger partial charge in [0.25, 0.3) is 0 Å². The molecular formula is C15H9F2N3. The lowest BCUT2D eigenvalue weighted by Gasteiger charge is -2.15. The molecule has 0 aliphatic heterocycles.